The molecule has 0 spiro atoms. The molecule has 1 aliphatic rings. The van der Waals surface area contributed by atoms with Gasteiger partial charge in [0.15, 0.2) is 12.4 Å². The van der Waals surface area contributed by atoms with Crippen LogP contribution >= 0.6 is 0 Å². The molecule has 3 aromatic rings. The quantitative estimate of drug-likeness (QED) is 0.408. The number of carbonyl (C=O) groups excluding carboxylic acids is 3. The van der Waals surface area contributed by atoms with Crippen molar-refractivity contribution in [2.24, 2.45) is 0 Å². The van der Waals surface area contributed by atoms with E-state index in [-0.39, 0.29) is 13.0 Å². The molecule has 0 unspecified atom stereocenters. The summed E-state index contributed by atoms with van der Waals surface area (Å²) in [5.74, 6) is -1.86. The molecule has 0 aromatic heterocycles. The van der Waals surface area contributed by atoms with E-state index < -0.39 is 42.5 Å². The van der Waals surface area contributed by atoms with Crippen molar-refractivity contribution in [1.29, 1.82) is 0 Å². The Bertz CT molecular complexity index is 1130. The van der Waals surface area contributed by atoms with Crippen molar-refractivity contribution in [2.45, 2.75) is 31.0 Å². The Morgan fingerprint density at radius 1 is 0.686 bits per heavy atom. The standard InChI is InChI=1S/C27H24O8/c28-24(18-10-4-1-5-11-18)32-17-23-21(33-25(29)19-12-6-2-7-13-19)16-22(27(31)35-23)34-26(30)20-14-8-3-9-15-20/h1-15,21-23,27,31H,16-17H2/t21-,22-,23-,27-/m0/s1. The highest BCUT2D eigenvalue weighted by Gasteiger charge is 2.42. The molecule has 1 heterocycles. The zero-order valence-electron chi connectivity index (χ0n) is 18.7. The highest BCUT2D eigenvalue weighted by Crippen LogP contribution is 2.26. The molecule has 1 fully saturated rings. The molecule has 0 radical (unpaired) electrons. The van der Waals surface area contributed by atoms with Gasteiger partial charge in [0.1, 0.15) is 18.8 Å². The van der Waals surface area contributed by atoms with E-state index in [9.17, 15) is 19.5 Å². The zero-order chi connectivity index (χ0) is 24.6. The molecule has 8 nitrogen and oxygen atoms in total. The average molecular weight is 476 g/mol. The Kier molecular flexibility index (Phi) is 7.87. The Hall–Kier alpha value is -4.01. The molecule has 8 heteroatoms. The highest BCUT2D eigenvalue weighted by molar-refractivity contribution is 5.90. The molecule has 4 atom stereocenters. The van der Waals surface area contributed by atoms with Gasteiger partial charge in [-0.25, -0.2) is 14.4 Å². The summed E-state index contributed by atoms with van der Waals surface area (Å²) >= 11 is 0. The number of esters is 3. The van der Waals surface area contributed by atoms with E-state index in [1.807, 2.05) is 0 Å². The number of carbonyl (C=O) groups is 3. The van der Waals surface area contributed by atoms with Crippen LogP contribution in [0.4, 0.5) is 0 Å². The highest BCUT2D eigenvalue weighted by atomic mass is 16.7. The first kappa shape index (κ1) is 24.1. The van der Waals surface area contributed by atoms with E-state index in [1.165, 1.54) is 0 Å². The van der Waals surface area contributed by atoms with Gasteiger partial charge in [-0.1, -0.05) is 54.6 Å². The third kappa shape index (κ3) is 6.32. The molecule has 0 aliphatic carbocycles. The van der Waals surface area contributed by atoms with Crippen LogP contribution in [0.25, 0.3) is 0 Å². The predicted octanol–water partition coefficient (Wildman–Crippen LogP) is 3.40. The lowest BCUT2D eigenvalue weighted by molar-refractivity contribution is -0.250. The Labute approximate surface area is 202 Å². The van der Waals surface area contributed by atoms with Crippen molar-refractivity contribution in [3.63, 3.8) is 0 Å². The van der Waals surface area contributed by atoms with Crippen LogP contribution in [0.3, 0.4) is 0 Å². The molecule has 0 amide bonds. The molecule has 0 saturated carbocycles. The summed E-state index contributed by atoms with van der Waals surface area (Å²) in [7, 11) is 0. The molecule has 1 N–H and O–H groups in total. The Morgan fingerprint density at radius 3 is 1.60 bits per heavy atom. The third-order valence-electron chi connectivity index (χ3n) is 5.44. The molecular formula is C27H24O8. The van der Waals surface area contributed by atoms with E-state index in [0.717, 1.165) is 0 Å². The van der Waals surface area contributed by atoms with Gasteiger partial charge in [0.2, 0.25) is 0 Å². The molecular weight excluding hydrogens is 452 g/mol. The fourth-order valence-electron chi connectivity index (χ4n) is 3.60. The second-order valence-corrected chi connectivity index (χ2v) is 7.88. The van der Waals surface area contributed by atoms with Gasteiger partial charge in [0.05, 0.1) is 16.7 Å². The van der Waals surface area contributed by atoms with Gasteiger partial charge in [-0.2, -0.15) is 0 Å². The molecule has 180 valence electrons. The monoisotopic (exact) mass is 476 g/mol. The van der Waals surface area contributed by atoms with Gasteiger partial charge in [-0.05, 0) is 36.4 Å². The van der Waals surface area contributed by atoms with E-state index in [2.05, 4.69) is 0 Å². The average Bonchev–Trinajstić information content (AvgIpc) is 2.90. The van der Waals surface area contributed by atoms with Crippen LogP contribution < -0.4 is 0 Å². The summed E-state index contributed by atoms with van der Waals surface area (Å²) in [6, 6.07) is 25.0. The third-order valence-corrected chi connectivity index (χ3v) is 5.44. The Balaban J connectivity index is 1.46. The predicted molar refractivity (Wildman–Crippen MR) is 124 cm³/mol. The summed E-state index contributed by atoms with van der Waals surface area (Å²) in [6.45, 7) is -0.281. The lowest BCUT2D eigenvalue weighted by atomic mass is 10.0. The number of benzene rings is 3. The lowest BCUT2D eigenvalue weighted by Gasteiger charge is -2.38. The number of hydrogen-bond acceptors (Lipinski definition) is 8. The summed E-state index contributed by atoms with van der Waals surface area (Å²) in [5.41, 5.74) is 0.962. The lowest BCUT2D eigenvalue weighted by Crippen LogP contribution is -2.52. The van der Waals surface area contributed by atoms with E-state index in [4.69, 9.17) is 18.9 Å². The molecule has 4 rings (SSSR count). The van der Waals surface area contributed by atoms with Gasteiger partial charge in [0.25, 0.3) is 0 Å². The van der Waals surface area contributed by atoms with Crippen molar-refractivity contribution in [2.75, 3.05) is 6.61 Å². The van der Waals surface area contributed by atoms with E-state index in [1.54, 1.807) is 91.0 Å². The van der Waals surface area contributed by atoms with Crippen LogP contribution in [0.2, 0.25) is 0 Å². The van der Waals surface area contributed by atoms with Gasteiger partial charge in [0, 0.05) is 6.42 Å². The topological polar surface area (TPSA) is 108 Å². The van der Waals surface area contributed by atoms with Crippen LogP contribution in [-0.4, -0.2) is 54.2 Å². The minimum absolute atomic E-state index is 0.0497. The van der Waals surface area contributed by atoms with Gasteiger partial charge in [-0.15, -0.1) is 0 Å². The van der Waals surface area contributed by atoms with Crippen LogP contribution in [0, 0.1) is 0 Å². The molecule has 1 aliphatic heterocycles. The number of ether oxygens (including phenoxy) is 4. The van der Waals surface area contributed by atoms with Crippen molar-refractivity contribution >= 4 is 17.9 Å². The van der Waals surface area contributed by atoms with Crippen LogP contribution in [-0.2, 0) is 18.9 Å². The smallest absolute Gasteiger partial charge is 0.338 e. The summed E-state index contributed by atoms with van der Waals surface area (Å²) in [5, 5.41) is 10.5. The Morgan fingerprint density at radius 2 is 1.11 bits per heavy atom. The van der Waals surface area contributed by atoms with E-state index in [0.29, 0.717) is 16.7 Å². The fourth-order valence-corrected chi connectivity index (χ4v) is 3.60. The molecule has 1 saturated heterocycles. The van der Waals surface area contributed by atoms with Crippen molar-refractivity contribution < 1.29 is 38.4 Å². The second-order valence-electron chi connectivity index (χ2n) is 7.88. The molecule has 3 aromatic carbocycles. The maximum atomic E-state index is 12.7. The van der Waals surface area contributed by atoms with E-state index >= 15 is 0 Å². The van der Waals surface area contributed by atoms with Crippen LogP contribution in [0.1, 0.15) is 37.5 Å². The molecule has 35 heavy (non-hydrogen) atoms. The summed E-state index contributed by atoms with van der Waals surface area (Å²) < 4.78 is 22.0. The van der Waals surface area contributed by atoms with Crippen LogP contribution in [0.15, 0.2) is 91.0 Å². The van der Waals surface area contributed by atoms with Gasteiger partial charge >= 0.3 is 17.9 Å². The second kappa shape index (κ2) is 11.4. The summed E-state index contributed by atoms with van der Waals surface area (Å²) in [6.07, 6.45) is -4.58. The zero-order valence-corrected chi connectivity index (χ0v) is 18.7. The summed E-state index contributed by atoms with van der Waals surface area (Å²) in [4.78, 5) is 37.6. The van der Waals surface area contributed by atoms with Gasteiger partial charge in [-0.3, -0.25) is 0 Å². The number of hydrogen-bond donors (Lipinski definition) is 1. The maximum absolute atomic E-state index is 12.7. The van der Waals surface area contributed by atoms with Crippen molar-refractivity contribution in [3.8, 4) is 0 Å². The minimum atomic E-state index is -1.50. The van der Waals surface area contributed by atoms with Crippen LogP contribution in [0.5, 0.6) is 0 Å². The van der Waals surface area contributed by atoms with Crippen molar-refractivity contribution in [1.82, 2.24) is 0 Å². The number of aliphatic hydroxyl groups excluding tert-OH is 1. The normalized spacial score (nSPS) is 21.5. The number of aliphatic hydroxyl groups is 1. The first-order valence-electron chi connectivity index (χ1n) is 11.1. The maximum Gasteiger partial charge on any atom is 0.338 e. The fraction of sp³-hybridized carbons (Fsp3) is 0.222. The minimum Gasteiger partial charge on any atom is -0.459 e. The molecule has 0 bridgehead atoms. The SMILES string of the molecule is O=C(OC[C@@H]1O[C@H](O)[C@@H](OC(=O)c2ccccc2)C[C@@H]1OC(=O)c1ccccc1)c1ccccc1. The first-order chi connectivity index (χ1) is 17.0. The van der Waals surface area contributed by atoms with Crippen molar-refractivity contribution in [3.05, 3.63) is 108 Å². The van der Waals surface area contributed by atoms with Gasteiger partial charge < -0.3 is 24.1 Å². The first-order valence-corrected chi connectivity index (χ1v) is 11.1. The number of rotatable bonds is 7. The largest absolute Gasteiger partial charge is 0.459 e.